The molecule has 4 nitrogen and oxygen atoms in total. The summed E-state index contributed by atoms with van der Waals surface area (Å²) in [5.74, 6) is -0.0544. The zero-order chi connectivity index (χ0) is 16.2. The van der Waals surface area contributed by atoms with Gasteiger partial charge in [0.15, 0.2) is 5.13 Å². The van der Waals surface area contributed by atoms with E-state index in [-0.39, 0.29) is 5.91 Å². The summed E-state index contributed by atoms with van der Waals surface area (Å²) in [6.07, 6.45) is 5.88. The monoisotopic (exact) mass is 329 g/mol. The van der Waals surface area contributed by atoms with Gasteiger partial charge >= 0.3 is 0 Å². The van der Waals surface area contributed by atoms with Crippen molar-refractivity contribution in [1.82, 2.24) is 10.3 Å². The van der Waals surface area contributed by atoms with Crippen molar-refractivity contribution in [3.8, 4) is 0 Å². The Morgan fingerprint density at radius 3 is 2.70 bits per heavy atom. The van der Waals surface area contributed by atoms with Crippen LogP contribution in [0.2, 0.25) is 0 Å². The SMILES string of the molecule is Cc1ccc(Nc2nc(C(=O)NC3CCCCC3)cs2)cc1C. The highest BCUT2D eigenvalue weighted by atomic mass is 32.1. The molecule has 0 bridgehead atoms. The third-order valence-corrected chi connectivity index (χ3v) is 5.19. The van der Waals surface area contributed by atoms with Crippen molar-refractivity contribution in [3.63, 3.8) is 0 Å². The van der Waals surface area contributed by atoms with Crippen molar-refractivity contribution in [2.24, 2.45) is 0 Å². The molecule has 1 amide bonds. The molecule has 122 valence electrons. The van der Waals surface area contributed by atoms with E-state index in [1.165, 1.54) is 41.7 Å². The molecule has 0 radical (unpaired) electrons. The first kappa shape index (κ1) is 16.0. The van der Waals surface area contributed by atoms with Gasteiger partial charge in [0.1, 0.15) is 5.69 Å². The van der Waals surface area contributed by atoms with Gasteiger partial charge in [0.05, 0.1) is 0 Å². The number of amides is 1. The average Bonchev–Trinajstić information content (AvgIpc) is 3.01. The van der Waals surface area contributed by atoms with E-state index < -0.39 is 0 Å². The van der Waals surface area contributed by atoms with Gasteiger partial charge in [-0.15, -0.1) is 11.3 Å². The Hall–Kier alpha value is -1.88. The molecular formula is C18H23N3OS. The van der Waals surface area contributed by atoms with Gasteiger partial charge in [-0.2, -0.15) is 0 Å². The number of aromatic nitrogens is 1. The molecule has 1 heterocycles. The minimum absolute atomic E-state index is 0.0544. The molecule has 3 rings (SSSR count). The number of benzene rings is 1. The normalized spacial score (nSPS) is 15.4. The third kappa shape index (κ3) is 4.10. The summed E-state index contributed by atoms with van der Waals surface area (Å²) in [5, 5.41) is 8.96. The lowest BCUT2D eigenvalue weighted by Crippen LogP contribution is -2.36. The lowest BCUT2D eigenvalue weighted by molar-refractivity contribution is 0.0923. The highest BCUT2D eigenvalue weighted by Crippen LogP contribution is 2.23. The van der Waals surface area contributed by atoms with E-state index in [0.717, 1.165) is 23.7 Å². The molecule has 0 saturated heterocycles. The van der Waals surface area contributed by atoms with Gasteiger partial charge in [-0.05, 0) is 49.9 Å². The molecule has 23 heavy (non-hydrogen) atoms. The zero-order valence-electron chi connectivity index (χ0n) is 13.7. The summed E-state index contributed by atoms with van der Waals surface area (Å²) in [5.41, 5.74) is 4.01. The number of hydrogen-bond acceptors (Lipinski definition) is 4. The first-order valence-electron chi connectivity index (χ1n) is 8.22. The average molecular weight is 329 g/mol. The molecular weight excluding hydrogens is 306 g/mol. The number of aryl methyl sites for hydroxylation is 2. The van der Waals surface area contributed by atoms with E-state index in [1.54, 1.807) is 0 Å². The van der Waals surface area contributed by atoms with Crippen LogP contribution in [-0.4, -0.2) is 16.9 Å². The Morgan fingerprint density at radius 1 is 1.17 bits per heavy atom. The largest absolute Gasteiger partial charge is 0.348 e. The Morgan fingerprint density at radius 2 is 1.96 bits per heavy atom. The maximum atomic E-state index is 12.3. The topological polar surface area (TPSA) is 54.0 Å². The zero-order valence-corrected chi connectivity index (χ0v) is 14.5. The lowest BCUT2D eigenvalue weighted by Gasteiger charge is -2.22. The van der Waals surface area contributed by atoms with E-state index in [0.29, 0.717) is 11.7 Å². The first-order valence-corrected chi connectivity index (χ1v) is 9.10. The number of rotatable bonds is 4. The van der Waals surface area contributed by atoms with Crippen molar-refractivity contribution < 1.29 is 4.79 Å². The maximum Gasteiger partial charge on any atom is 0.271 e. The van der Waals surface area contributed by atoms with Crippen LogP contribution in [0.4, 0.5) is 10.8 Å². The molecule has 1 aliphatic carbocycles. The van der Waals surface area contributed by atoms with Crippen LogP contribution in [-0.2, 0) is 0 Å². The molecule has 1 aromatic heterocycles. The minimum Gasteiger partial charge on any atom is -0.348 e. The molecule has 2 aromatic rings. The number of hydrogen-bond donors (Lipinski definition) is 2. The molecule has 0 aliphatic heterocycles. The Balaban J connectivity index is 1.62. The van der Waals surface area contributed by atoms with Crippen molar-refractivity contribution in [3.05, 3.63) is 40.4 Å². The molecule has 1 saturated carbocycles. The number of carbonyl (C=O) groups excluding carboxylic acids is 1. The van der Waals surface area contributed by atoms with E-state index in [4.69, 9.17) is 0 Å². The molecule has 1 fully saturated rings. The fourth-order valence-corrected chi connectivity index (χ4v) is 3.60. The second kappa shape index (κ2) is 7.13. The molecule has 0 atom stereocenters. The van der Waals surface area contributed by atoms with E-state index in [2.05, 4.69) is 41.6 Å². The predicted octanol–water partition coefficient (Wildman–Crippen LogP) is 4.57. The van der Waals surface area contributed by atoms with E-state index in [1.807, 2.05) is 11.4 Å². The van der Waals surface area contributed by atoms with E-state index in [9.17, 15) is 4.79 Å². The summed E-state index contributed by atoms with van der Waals surface area (Å²) in [6, 6.07) is 6.53. The van der Waals surface area contributed by atoms with E-state index >= 15 is 0 Å². The highest BCUT2D eigenvalue weighted by molar-refractivity contribution is 7.14. The van der Waals surface area contributed by atoms with Gasteiger partial charge in [-0.1, -0.05) is 25.3 Å². The third-order valence-electron chi connectivity index (χ3n) is 4.44. The van der Waals surface area contributed by atoms with Crippen molar-refractivity contribution in [1.29, 1.82) is 0 Å². The number of nitrogens with one attached hydrogen (secondary N) is 2. The van der Waals surface area contributed by atoms with Gasteiger partial charge in [-0.25, -0.2) is 4.98 Å². The Labute approximate surface area is 141 Å². The van der Waals surface area contributed by atoms with Crippen LogP contribution in [0, 0.1) is 13.8 Å². The lowest BCUT2D eigenvalue weighted by atomic mass is 9.95. The van der Waals surface area contributed by atoms with Gasteiger partial charge in [0, 0.05) is 17.1 Å². The number of thiazole rings is 1. The number of nitrogens with zero attached hydrogens (tertiary/aromatic N) is 1. The summed E-state index contributed by atoms with van der Waals surface area (Å²) in [7, 11) is 0. The van der Waals surface area contributed by atoms with Gasteiger partial charge in [0.25, 0.3) is 5.91 Å². The van der Waals surface area contributed by atoms with Gasteiger partial charge < -0.3 is 10.6 Å². The summed E-state index contributed by atoms with van der Waals surface area (Å²) >= 11 is 1.46. The molecule has 0 unspecified atom stereocenters. The van der Waals surface area contributed by atoms with Crippen LogP contribution >= 0.6 is 11.3 Å². The molecule has 1 aromatic carbocycles. The molecule has 5 heteroatoms. The van der Waals surface area contributed by atoms with Crippen molar-refractivity contribution >= 4 is 28.1 Å². The Bertz CT molecular complexity index is 689. The van der Waals surface area contributed by atoms with Gasteiger partial charge in [0.2, 0.25) is 0 Å². The van der Waals surface area contributed by atoms with Crippen LogP contribution in [0.1, 0.15) is 53.7 Å². The highest BCUT2D eigenvalue weighted by Gasteiger charge is 2.18. The van der Waals surface area contributed by atoms with Crippen LogP contribution in [0.3, 0.4) is 0 Å². The van der Waals surface area contributed by atoms with Crippen molar-refractivity contribution in [2.45, 2.75) is 52.0 Å². The van der Waals surface area contributed by atoms with Crippen LogP contribution < -0.4 is 10.6 Å². The second-order valence-electron chi connectivity index (χ2n) is 6.27. The number of carbonyl (C=O) groups is 1. The quantitative estimate of drug-likeness (QED) is 0.864. The Kier molecular flexibility index (Phi) is 4.96. The minimum atomic E-state index is -0.0544. The summed E-state index contributed by atoms with van der Waals surface area (Å²) < 4.78 is 0. The van der Waals surface area contributed by atoms with Crippen molar-refractivity contribution in [2.75, 3.05) is 5.32 Å². The second-order valence-corrected chi connectivity index (χ2v) is 7.13. The van der Waals surface area contributed by atoms with Gasteiger partial charge in [-0.3, -0.25) is 4.79 Å². The molecule has 2 N–H and O–H groups in total. The van der Waals surface area contributed by atoms with Crippen LogP contribution in [0.5, 0.6) is 0 Å². The summed E-state index contributed by atoms with van der Waals surface area (Å²) in [4.78, 5) is 16.7. The van der Waals surface area contributed by atoms with Crippen LogP contribution in [0.15, 0.2) is 23.6 Å². The van der Waals surface area contributed by atoms with Crippen LogP contribution in [0.25, 0.3) is 0 Å². The standard InChI is InChI=1S/C18H23N3OS/c1-12-8-9-15(10-13(12)2)20-18-21-16(11-23-18)17(22)19-14-6-4-3-5-7-14/h8-11,14H,3-7H2,1-2H3,(H,19,22)(H,20,21). The fraction of sp³-hybridized carbons (Fsp3) is 0.444. The molecule has 1 aliphatic rings. The summed E-state index contributed by atoms with van der Waals surface area (Å²) in [6.45, 7) is 4.18. The first-order chi connectivity index (χ1) is 11.1. The molecule has 0 spiro atoms. The fourth-order valence-electron chi connectivity index (χ4n) is 2.88. The predicted molar refractivity (Wildman–Crippen MR) is 95.7 cm³/mol. The smallest absolute Gasteiger partial charge is 0.271 e. The number of anilines is 2. The maximum absolute atomic E-state index is 12.3.